The van der Waals surface area contributed by atoms with Crippen LogP contribution < -0.4 is 5.69 Å². The van der Waals surface area contributed by atoms with E-state index >= 15 is 0 Å². The molecule has 0 atom stereocenters. The zero-order valence-electron chi connectivity index (χ0n) is 17.5. The second kappa shape index (κ2) is 8.45. The number of hydrogen-bond acceptors (Lipinski definition) is 2. The Morgan fingerprint density at radius 1 is 0.788 bits per heavy atom. The van der Waals surface area contributed by atoms with Crippen LogP contribution in [-0.2, 0) is 6.54 Å². The van der Waals surface area contributed by atoms with Crippen molar-refractivity contribution in [3.05, 3.63) is 124 Å². The van der Waals surface area contributed by atoms with Gasteiger partial charge >= 0.3 is 11.7 Å². The Kier molecular flexibility index (Phi) is 5.32. The van der Waals surface area contributed by atoms with E-state index in [1.165, 1.54) is 6.07 Å². The zero-order valence-corrected chi connectivity index (χ0v) is 18.2. The number of fused-ring (bicyclic) bond motifs is 1. The first-order valence-corrected chi connectivity index (χ1v) is 10.8. The maximum atomic E-state index is 13.6. The molecule has 0 saturated heterocycles. The van der Waals surface area contributed by atoms with Crippen LogP contribution >= 0.6 is 11.6 Å². The van der Waals surface area contributed by atoms with E-state index in [1.807, 2.05) is 66.7 Å². The quantitative estimate of drug-likeness (QED) is 0.362. The van der Waals surface area contributed by atoms with E-state index in [2.05, 4.69) is 0 Å². The summed E-state index contributed by atoms with van der Waals surface area (Å²) in [6.07, 6.45) is 0. The van der Waals surface area contributed by atoms with Gasteiger partial charge in [-0.1, -0.05) is 66.2 Å². The maximum absolute atomic E-state index is 13.6. The van der Waals surface area contributed by atoms with E-state index in [4.69, 9.17) is 11.6 Å². The molecule has 5 aromatic rings. The van der Waals surface area contributed by atoms with Crippen molar-refractivity contribution in [3.8, 4) is 16.8 Å². The number of nitrogens with zero attached hydrogens (tertiary/aromatic N) is 2. The second-order valence-corrected chi connectivity index (χ2v) is 8.20. The van der Waals surface area contributed by atoms with Gasteiger partial charge in [0, 0.05) is 5.02 Å². The Bertz CT molecular complexity index is 1550. The number of halogens is 1. The van der Waals surface area contributed by atoms with E-state index in [0.717, 1.165) is 27.9 Å². The molecule has 0 amide bonds. The molecule has 0 bridgehead atoms. The smallest absolute Gasteiger partial charge is 0.335 e. The third-order valence-electron chi connectivity index (χ3n) is 5.62. The van der Waals surface area contributed by atoms with Crippen molar-refractivity contribution in [2.24, 2.45) is 0 Å². The number of imidazole rings is 1. The molecular formula is C27H19ClN2O3. The maximum Gasteiger partial charge on any atom is 0.335 e. The van der Waals surface area contributed by atoms with Gasteiger partial charge in [-0.15, -0.1) is 0 Å². The Hall–Kier alpha value is -4.09. The van der Waals surface area contributed by atoms with Crippen LogP contribution in [0.4, 0.5) is 0 Å². The predicted octanol–water partition coefficient (Wildman–Crippen LogP) is 5.86. The summed E-state index contributed by atoms with van der Waals surface area (Å²) in [4.78, 5) is 25.0. The molecule has 33 heavy (non-hydrogen) atoms. The number of carboxylic acids is 1. The molecule has 0 aliphatic rings. The summed E-state index contributed by atoms with van der Waals surface area (Å²) < 4.78 is 3.29. The van der Waals surface area contributed by atoms with Gasteiger partial charge in [0.15, 0.2) is 0 Å². The molecule has 5 rings (SSSR count). The number of benzene rings is 4. The third kappa shape index (κ3) is 3.95. The van der Waals surface area contributed by atoms with Gasteiger partial charge in [0.1, 0.15) is 0 Å². The van der Waals surface area contributed by atoms with Crippen LogP contribution in [-0.4, -0.2) is 20.2 Å². The molecule has 0 spiro atoms. The first kappa shape index (κ1) is 20.8. The van der Waals surface area contributed by atoms with Gasteiger partial charge in [0.2, 0.25) is 0 Å². The molecular weight excluding hydrogens is 436 g/mol. The lowest BCUT2D eigenvalue weighted by Crippen LogP contribution is -2.23. The topological polar surface area (TPSA) is 64.2 Å². The molecule has 0 aliphatic heterocycles. The first-order chi connectivity index (χ1) is 16.0. The van der Waals surface area contributed by atoms with Gasteiger partial charge in [0.05, 0.1) is 28.8 Å². The molecule has 1 heterocycles. The van der Waals surface area contributed by atoms with Crippen LogP contribution in [0.2, 0.25) is 5.02 Å². The van der Waals surface area contributed by atoms with Gasteiger partial charge in [-0.2, -0.15) is 0 Å². The second-order valence-electron chi connectivity index (χ2n) is 7.76. The average Bonchev–Trinajstić information content (AvgIpc) is 3.10. The molecule has 5 nitrogen and oxygen atoms in total. The molecule has 1 N–H and O–H groups in total. The van der Waals surface area contributed by atoms with Gasteiger partial charge in [-0.25, -0.2) is 9.59 Å². The molecule has 0 radical (unpaired) electrons. The fourth-order valence-electron chi connectivity index (χ4n) is 4.07. The third-order valence-corrected chi connectivity index (χ3v) is 5.85. The van der Waals surface area contributed by atoms with Crippen molar-refractivity contribution in [2.75, 3.05) is 0 Å². The van der Waals surface area contributed by atoms with Gasteiger partial charge in [0.25, 0.3) is 0 Å². The number of carboxylic acid groups (broad SMARTS) is 1. The number of aromatic nitrogens is 2. The summed E-state index contributed by atoms with van der Waals surface area (Å²) in [6.45, 7) is 0.240. The van der Waals surface area contributed by atoms with Crippen LogP contribution in [0.3, 0.4) is 0 Å². The molecule has 1 aromatic heterocycles. The fourth-order valence-corrected chi connectivity index (χ4v) is 4.24. The monoisotopic (exact) mass is 454 g/mol. The summed E-state index contributed by atoms with van der Waals surface area (Å²) in [7, 11) is 0. The lowest BCUT2D eigenvalue weighted by molar-refractivity contribution is 0.0696. The highest BCUT2D eigenvalue weighted by Crippen LogP contribution is 2.26. The van der Waals surface area contributed by atoms with Crippen molar-refractivity contribution in [1.29, 1.82) is 0 Å². The van der Waals surface area contributed by atoms with E-state index in [-0.39, 0.29) is 17.8 Å². The van der Waals surface area contributed by atoms with Crippen LogP contribution in [0.25, 0.3) is 27.8 Å². The standard InChI is InChI=1S/C27H19ClN2O3/c28-22-12-13-24-25(16-22)30(23-11-5-9-20(15-23)19-7-2-1-3-8-19)27(33)29(24)17-18-6-4-10-21(14-18)26(31)32/h1-16H,17H2,(H,31,32). The molecule has 0 saturated carbocycles. The highest BCUT2D eigenvalue weighted by molar-refractivity contribution is 6.31. The van der Waals surface area contributed by atoms with Crippen molar-refractivity contribution >= 4 is 28.6 Å². The van der Waals surface area contributed by atoms with Crippen LogP contribution in [0.15, 0.2) is 102 Å². The summed E-state index contributed by atoms with van der Waals surface area (Å²) in [5, 5.41) is 9.85. The van der Waals surface area contributed by atoms with E-state index in [1.54, 1.807) is 33.4 Å². The number of rotatable bonds is 5. The van der Waals surface area contributed by atoms with Gasteiger partial charge in [-0.3, -0.25) is 9.13 Å². The normalized spacial score (nSPS) is 11.1. The number of aromatic carboxylic acids is 1. The molecule has 0 unspecified atom stereocenters. The Morgan fingerprint density at radius 3 is 2.33 bits per heavy atom. The Balaban J connectivity index is 1.68. The van der Waals surface area contributed by atoms with Crippen molar-refractivity contribution in [3.63, 3.8) is 0 Å². The summed E-state index contributed by atoms with van der Waals surface area (Å²) in [6, 6.07) is 29.7. The van der Waals surface area contributed by atoms with E-state index < -0.39 is 5.97 Å². The number of hydrogen-bond donors (Lipinski definition) is 1. The highest BCUT2D eigenvalue weighted by atomic mass is 35.5. The molecule has 0 aliphatic carbocycles. The Labute approximate surface area is 194 Å². The first-order valence-electron chi connectivity index (χ1n) is 10.4. The highest BCUT2D eigenvalue weighted by Gasteiger charge is 2.16. The van der Waals surface area contributed by atoms with Crippen LogP contribution in [0.5, 0.6) is 0 Å². The lowest BCUT2D eigenvalue weighted by atomic mass is 10.1. The minimum Gasteiger partial charge on any atom is -0.478 e. The molecule has 4 aromatic carbocycles. The average molecular weight is 455 g/mol. The van der Waals surface area contributed by atoms with Crippen molar-refractivity contribution in [1.82, 2.24) is 9.13 Å². The fraction of sp³-hybridized carbons (Fsp3) is 0.0370. The minimum atomic E-state index is -1.00. The SMILES string of the molecule is O=C(O)c1cccc(Cn2c(=O)n(-c3cccc(-c4ccccc4)c3)c3cc(Cl)ccc32)c1. The zero-order chi connectivity index (χ0) is 22.9. The van der Waals surface area contributed by atoms with E-state index in [9.17, 15) is 14.7 Å². The largest absolute Gasteiger partial charge is 0.478 e. The molecule has 162 valence electrons. The Morgan fingerprint density at radius 2 is 1.55 bits per heavy atom. The summed E-state index contributed by atoms with van der Waals surface area (Å²) in [5.74, 6) is -1.00. The van der Waals surface area contributed by atoms with Crippen molar-refractivity contribution < 1.29 is 9.90 Å². The van der Waals surface area contributed by atoms with Gasteiger partial charge < -0.3 is 5.11 Å². The van der Waals surface area contributed by atoms with E-state index in [0.29, 0.717) is 10.5 Å². The van der Waals surface area contributed by atoms with Crippen LogP contribution in [0.1, 0.15) is 15.9 Å². The summed E-state index contributed by atoms with van der Waals surface area (Å²) >= 11 is 6.29. The molecule has 6 heteroatoms. The van der Waals surface area contributed by atoms with Crippen LogP contribution in [0, 0.1) is 0 Å². The number of carbonyl (C=O) groups is 1. The lowest BCUT2D eigenvalue weighted by Gasteiger charge is -2.07. The summed E-state index contributed by atoms with van der Waals surface area (Å²) in [5.41, 5.74) is 4.87. The van der Waals surface area contributed by atoms with Crippen molar-refractivity contribution in [2.45, 2.75) is 6.54 Å². The van der Waals surface area contributed by atoms with Gasteiger partial charge in [-0.05, 0) is 59.2 Å². The predicted molar refractivity (Wildman–Crippen MR) is 130 cm³/mol. The molecule has 0 fully saturated rings. The minimum absolute atomic E-state index is 0.183.